The van der Waals surface area contributed by atoms with E-state index >= 15 is 0 Å². The van der Waals surface area contributed by atoms with Crippen LogP contribution < -0.4 is 0 Å². The predicted molar refractivity (Wildman–Crippen MR) is 63.1 cm³/mol. The summed E-state index contributed by atoms with van der Waals surface area (Å²) in [5, 5.41) is 0. The van der Waals surface area contributed by atoms with E-state index < -0.39 is 0 Å². The third kappa shape index (κ3) is 1.57. The average Bonchev–Trinajstić information content (AvgIpc) is 2.83. The number of rotatable bonds is 1. The van der Waals surface area contributed by atoms with Gasteiger partial charge in [-0.15, -0.1) is 0 Å². The quantitative estimate of drug-likeness (QED) is 0.515. The van der Waals surface area contributed by atoms with Crippen molar-refractivity contribution in [1.82, 2.24) is 0 Å². The number of ether oxygens (including phenoxy) is 2. The second-order valence-electron chi connectivity index (χ2n) is 4.97. The summed E-state index contributed by atoms with van der Waals surface area (Å²) in [6.07, 6.45) is 9.27. The van der Waals surface area contributed by atoms with Crippen molar-refractivity contribution in [2.75, 3.05) is 0 Å². The number of hydrogen-bond acceptors (Lipinski definition) is 3. The van der Waals surface area contributed by atoms with E-state index in [9.17, 15) is 4.79 Å². The Balaban J connectivity index is 2.11. The number of fused-ring (bicyclic) bond motifs is 1. The van der Waals surface area contributed by atoms with Crippen molar-refractivity contribution in [3.05, 3.63) is 35.1 Å². The van der Waals surface area contributed by atoms with Crippen molar-refractivity contribution in [2.45, 2.75) is 44.8 Å². The fourth-order valence-corrected chi connectivity index (χ4v) is 2.95. The van der Waals surface area contributed by atoms with E-state index in [1.807, 2.05) is 13.0 Å². The molecule has 0 aromatic carbocycles. The van der Waals surface area contributed by atoms with E-state index in [1.165, 1.54) is 6.92 Å². The van der Waals surface area contributed by atoms with Gasteiger partial charge in [0, 0.05) is 12.5 Å². The lowest BCUT2D eigenvalue weighted by Crippen LogP contribution is -2.27. The van der Waals surface area contributed by atoms with E-state index in [0.29, 0.717) is 5.76 Å². The molecule has 17 heavy (non-hydrogen) atoms. The maximum atomic E-state index is 11.2. The highest BCUT2D eigenvalue weighted by Gasteiger charge is 2.46. The molecule has 2 bridgehead atoms. The summed E-state index contributed by atoms with van der Waals surface area (Å²) < 4.78 is 11.5. The van der Waals surface area contributed by atoms with Gasteiger partial charge in [-0.05, 0) is 43.9 Å². The molecule has 1 fully saturated rings. The van der Waals surface area contributed by atoms with Gasteiger partial charge in [0.15, 0.2) is 0 Å². The molecule has 0 N–H and O–H groups in total. The molecule has 2 heterocycles. The molecule has 3 heteroatoms. The summed E-state index contributed by atoms with van der Waals surface area (Å²) in [4.78, 5) is 11.2. The first-order valence-corrected chi connectivity index (χ1v) is 6.08. The Morgan fingerprint density at radius 3 is 3.18 bits per heavy atom. The summed E-state index contributed by atoms with van der Waals surface area (Å²) in [6, 6.07) is 0. The van der Waals surface area contributed by atoms with Crippen LogP contribution in [0, 0.1) is 0 Å². The van der Waals surface area contributed by atoms with Crippen molar-refractivity contribution in [2.24, 2.45) is 0 Å². The first kappa shape index (κ1) is 10.8. The third-order valence-electron chi connectivity index (χ3n) is 3.72. The fourth-order valence-electron chi connectivity index (χ4n) is 2.95. The standard InChI is InChI=1S/C14H16O3/c1-9-8-13(16-10(2)15)11-4-3-6-14(11)7-5-12(9)17-14/h5,7-8,12H,3-4,6H2,1-2H3. The van der Waals surface area contributed by atoms with E-state index in [4.69, 9.17) is 9.47 Å². The highest BCUT2D eigenvalue weighted by atomic mass is 16.5. The third-order valence-corrected chi connectivity index (χ3v) is 3.72. The normalized spacial score (nSPS) is 34.5. The lowest BCUT2D eigenvalue weighted by atomic mass is 9.94. The van der Waals surface area contributed by atoms with E-state index in [1.54, 1.807) is 0 Å². The summed E-state index contributed by atoms with van der Waals surface area (Å²) in [5.74, 6) is 0.444. The second kappa shape index (κ2) is 3.57. The minimum absolute atomic E-state index is 0.0381. The molecule has 2 unspecified atom stereocenters. The molecule has 0 radical (unpaired) electrons. The Morgan fingerprint density at radius 1 is 1.59 bits per heavy atom. The lowest BCUT2D eigenvalue weighted by Gasteiger charge is -2.25. The summed E-state index contributed by atoms with van der Waals surface area (Å²) in [7, 11) is 0. The van der Waals surface area contributed by atoms with Crippen LogP contribution in [-0.2, 0) is 14.3 Å². The van der Waals surface area contributed by atoms with Gasteiger partial charge < -0.3 is 9.47 Å². The van der Waals surface area contributed by atoms with Crippen molar-refractivity contribution in [1.29, 1.82) is 0 Å². The molecule has 1 spiro atoms. The molecule has 0 amide bonds. The molecule has 2 aliphatic heterocycles. The van der Waals surface area contributed by atoms with Crippen molar-refractivity contribution in [3.8, 4) is 0 Å². The Morgan fingerprint density at radius 2 is 2.41 bits per heavy atom. The molecule has 2 atom stereocenters. The van der Waals surface area contributed by atoms with Gasteiger partial charge in [0.25, 0.3) is 0 Å². The molecule has 0 aromatic heterocycles. The van der Waals surface area contributed by atoms with Crippen molar-refractivity contribution >= 4 is 5.97 Å². The summed E-state index contributed by atoms with van der Waals surface area (Å²) in [5.41, 5.74) is 1.92. The van der Waals surface area contributed by atoms with Crippen LogP contribution in [0.1, 0.15) is 33.1 Å². The maximum absolute atomic E-state index is 11.2. The monoisotopic (exact) mass is 232 g/mol. The Kier molecular flexibility index (Phi) is 2.26. The van der Waals surface area contributed by atoms with Crippen LogP contribution >= 0.6 is 0 Å². The van der Waals surface area contributed by atoms with Gasteiger partial charge >= 0.3 is 5.97 Å². The van der Waals surface area contributed by atoms with Crippen LogP contribution in [0.15, 0.2) is 35.1 Å². The summed E-state index contributed by atoms with van der Waals surface area (Å²) in [6.45, 7) is 3.46. The highest BCUT2D eigenvalue weighted by Crippen LogP contribution is 2.48. The zero-order valence-corrected chi connectivity index (χ0v) is 10.2. The topological polar surface area (TPSA) is 35.5 Å². The van der Waals surface area contributed by atoms with Crippen molar-refractivity contribution < 1.29 is 14.3 Å². The van der Waals surface area contributed by atoms with Gasteiger partial charge in [0.1, 0.15) is 11.4 Å². The molecule has 3 rings (SSSR count). The SMILES string of the molecule is CC(=O)OC1=C2CCCC23C=CC(O3)C(C)=C1. The first-order valence-electron chi connectivity index (χ1n) is 6.08. The van der Waals surface area contributed by atoms with E-state index in [2.05, 4.69) is 12.2 Å². The number of hydrogen-bond donors (Lipinski definition) is 0. The number of allylic oxidation sites excluding steroid dienone is 1. The molecule has 3 aliphatic rings. The van der Waals surface area contributed by atoms with Crippen LogP contribution in [0.2, 0.25) is 0 Å². The fraction of sp³-hybridized carbons (Fsp3) is 0.500. The van der Waals surface area contributed by atoms with Crippen LogP contribution in [0.25, 0.3) is 0 Å². The van der Waals surface area contributed by atoms with Gasteiger partial charge in [-0.1, -0.05) is 6.08 Å². The molecule has 90 valence electrons. The van der Waals surface area contributed by atoms with Gasteiger partial charge in [-0.3, -0.25) is 4.79 Å². The number of esters is 1. The predicted octanol–water partition coefficient (Wildman–Crippen LogP) is 2.64. The lowest BCUT2D eigenvalue weighted by molar-refractivity contribution is -0.136. The second-order valence-corrected chi connectivity index (χ2v) is 4.97. The average molecular weight is 232 g/mol. The van der Waals surface area contributed by atoms with Gasteiger partial charge in [-0.2, -0.15) is 0 Å². The van der Waals surface area contributed by atoms with Crippen LogP contribution in [0.3, 0.4) is 0 Å². The smallest absolute Gasteiger partial charge is 0.308 e. The zero-order valence-electron chi connectivity index (χ0n) is 10.2. The Hall–Kier alpha value is -1.35. The van der Waals surface area contributed by atoms with Crippen LogP contribution in [0.5, 0.6) is 0 Å². The molecular weight excluding hydrogens is 216 g/mol. The minimum atomic E-state index is -0.302. The van der Waals surface area contributed by atoms with Crippen LogP contribution in [-0.4, -0.2) is 17.7 Å². The molecule has 1 aliphatic carbocycles. The molecular formula is C14H16O3. The zero-order chi connectivity index (χ0) is 12.0. The van der Waals surface area contributed by atoms with E-state index in [0.717, 1.165) is 30.4 Å². The molecule has 0 saturated heterocycles. The van der Waals surface area contributed by atoms with Crippen LogP contribution in [0.4, 0.5) is 0 Å². The highest BCUT2D eigenvalue weighted by molar-refractivity contribution is 5.68. The molecule has 0 aromatic rings. The molecule has 3 nitrogen and oxygen atoms in total. The van der Waals surface area contributed by atoms with Gasteiger partial charge in [-0.25, -0.2) is 0 Å². The van der Waals surface area contributed by atoms with E-state index in [-0.39, 0.29) is 17.7 Å². The van der Waals surface area contributed by atoms with Gasteiger partial charge in [0.05, 0.1) is 6.10 Å². The largest absolute Gasteiger partial charge is 0.427 e. The maximum Gasteiger partial charge on any atom is 0.308 e. The Bertz CT molecular complexity index is 470. The van der Waals surface area contributed by atoms with Crippen molar-refractivity contribution in [3.63, 3.8) is 0 Å². The number of carbonyl (C=O) groups excluding carboxylic acids is 1. The molecule has 1 saturated carbocycles. The van der Waals surface area contributed by atoms with Gasteiger partial charge in [0.2, 0.25) is 0 Å². The first-order chi connectivity index (χ1) is 8.11. The summed E-state index contributed by atoms with van der Waals surface area (Å²) >= 11 is 0. The Labute approximate surface area is 101 Å². The number of carbonyl (C=O) groups is 1. The minimum Gasteiger partial charge on any atom is -0.427 e.